The molecular formula is C19H20ClN3O7S. The van der Waals surface area contributed by atoms with E-state index >= 15 is 0 Å². The first-order chi connectivity index (χ1) is 14.6. The molecule has 0 unspecified atom stereocenters. The lowest BCUT2D eigenvalue weighted by atomic mass is 10.2. The molecule has 0 saturated heterocycles. The Bertz CT molecular complexity index is 1030. The molecule has 4 N–H and O–H groups in total. The molecule has 2 aromatic carbocycles. The lowest BCUT2D eigenvalue weighted by molar-refractivity contribution is -0.152. The Morgan fingerprint density at radius 2 is 1.65 bits per heavy atom. The molecule has 2 atom stereocenters. The summed E-state index contributed by atoms with van der Waals surface area (Å²) in [4.78, 5) is 35.7. The van der Waals surface area contributed by atoms with E-state index in [0.29, 0.717) is 10.6 Å². The summed E-state index contributed by atoms with van der Waals surface area (Å²) in [5.74, 6) is -2.64. The number of nitrogens with one attached hydrogen (secondary N) is 3. The largest absolute Gasteiger partial charge is 0.454 e. The van der Waals surface area contributed by atoms with Crippen molar-refractivity contribution in [2.24, 2.45) is 0 Å². The molecule has 31 heavy (non-hydrogen) atoms. The summed E-state index contributed by atoms with van der Waals surface area (Å²) in [7, 11) is -4.18. The smallest absolute Gasteiger partial charge is 0.327 e. The van der Waals surface area contributed by atoms with Gasteiger partial charge in [-0.2, -0.15) is 4.72 Å². The molecule has 10 nitrogen and oxygen atoms in total. The van der Waals surface area contributed by atoms with Crippen LogP contribution in [0.3, 0.4) is 0 Å². The molecule has 0 aliphatic rings. The second-order valence-corrected chi connectivity index (χ2v) is 8.42. The number of hydrogen-bond acceptors (Lipinski definition) is 7. The highest BCUT2D eigenvalue weighted by Gasteiger charge is 2.31. The first-order valence-electron chi connectivity index (χ1n) is 8.87. The first kappa shape index (κ1) is 24.3. The SMILES string of the molecule is C[C@H](O)[C@@H](NS(=O)(=O)c1ccc(Cl)cc1)C(=O)OCC(=O)NNC(=O)c1ccccc1. The number of amides is 2. The van der Waals surface area contributed by atoms with Gasteiger partial charge < -0.3 is 9.84 Å². The van der Waals surface area contributed by atoms with E-state index in [4.69, 9.17) is 16.3 Å². The zero-order valence-electron chi connectivity index (χ0n) is 16.2. The molecule has 0 aliphatic carbocycles. The van der Waals surface area contributed by atoms with Gasteiger partial charge in [-0.1, -0.05) is 29.8 Å². The minimum Gasteiger partial charge on any atom is -0.454 e. The fraction of sp³-hybridized carbons (Fsp3) is 0.211. The van der Waals surface area contributed by atoms with Crippen LogP contribution in [0.2, 0.25) is 5.02 Å². The van der Waals surface area contributed by atoms with Gasteiger partial charge in [-0.3, -0.25) is 25.2 Å². The number of esters is 1. The number of carbonyl (C=O) groups excluding carboxylic acids is 3. The van der Waals surface area contributed by atoms with E-state index in [2.05, 4.69) is 10.9 Å². The van der Waals surface area contributed by atoms with Crippen molar-refractivity contribution in [2.45, 2.75) is 24.0 Å². The molecule has 2 rings (SSSR count). The Morgan fingerprint density at radius 3 is 2.23 bits per heavy atom. The van der Waals surface area contributed by atoms with Crippen LogP contribution >= 0.6 is 11.6 Å². The molecule has 12 heteroatoms. The average Bonchev–Trinajstić information content (AvgIpc) is 2.74. The molecule has 0 fully saturated rings. The van der Waals surface area contributed by atoms with Crippen LogP contribution < -0.4 is 15.6 Å². The number of halogens is 1. The van der Waals surface area contributed by atoms with Crippen LogP contribution in [-0.4, -0.2) is 50.1 Å². The predicted molar refractivity (Wildman–Crippen MR) is 110 cm³/mol. The van der Waals surface area contributed by atoms with E-state index in [1.165, 1.54) is 43.3 Å². The Morgan fingerprint density at radius 1 is 1.03 bits per heavy atom. The van der Waals surface area contributed by atoms with Crippen molar-refractivity contribution in [3.05, 3.63) is 65.2 Å². The standard InChI is InChI=1S/C19H20ClN3O7S/c1-12(24)17(23-31(28,29)15-9-7-14(20)8-10-15)19(27)30-11-16(25)21-22-18(26)13-5-3-2-4-6-13/h2-10,12,17,23-24H,11H2,1H3,(H,21,25)(H,22,26)/t12-,17+/m0/s1. The molecule has 0 aliphatic heterocycles. The second-order valence-electron chi connectivity index (χ2n) is 6.27. The van der Waals surface area contributed by atoms with Crippen molar-refractivity contribution < 1.29 is 32.6 Å². The summed E-state index contributed by atoms with van der Waals surface area (Å²) >= 11 is 5.73. The van der Waals surface area contributed by atoms with E-state index in [9.17, 15) is 27.9 Å². The number of benzene rings is 2. The monoisotopic (exact) mass is 469 g/mol. The van der Waals surface area contributed by atoms with Crippen LogP contribution in [0.15, 0.2) is 59.5 Å². The van der Waals surface area contributed by atoms with Gasteiger partial charge in [0, 0.05) is 10.6 Å². The maximum absolute atomic E-state index is 12.4. The van der Waals surface area contributed by atoms with E-state index in [-0.39, 0.29) is 4.90 Å². The normalized spacial score (nSPS) is 13.0. The number of hydrazine groups is 1. The Kier molecular flexibility index (Phi) is 8.51. The van der Waals surface area contributed by atoms with Crippen LogP contribution in [0.4, 0.5) is 0 Å². The molecule has 0 heterocycles. The third kappa shape index (κ3) is 7.33. The Labute approximate surface area is 183 Å². The van der Waals surface area contributed by atoms with Gasteiger partial charge >= 0.3 is 5.97 Å². The number of aliphatic hydroxyl groups is 1. The van der Waals surface area contributed by atoms with Gasteiger partial charge in [0.15, 0.2) is 6.61 Å². The minimum absolute atomic E-state index is 0.184. The Hall–Kier alpha value is -2.99. The van der Waals surface area contributed by atoms with Gasteiger partial charge in [0.05, 0.1) is 11.0 Å². The summed E-state index contributed by atoms with van der Waals surface area (Å²) in [6.07, 6.45) is -1.46. The van der Waals surface area contributed by atoms with Gasteiger partial charge in [-0.25, -0.2) is 8.42 Å². The molecule has 0 saturated carbocycles. The molecule has 0 spiro atoms. The Balaban J connectivity index is 1.91. The molecule has 2 amide bonds. The zero-order chi connectivity index (χ0) is 23.0. The minimum atomic E-state index is -4.18. The average molecular weight is 470 g/mol. The second kappa shape index (κ2) is 10.9. The van der Waals surface area contributed by atoms with Crippen LogP contribution in [0.1, 0.15) is 17.3 Å². The predicted octanol–water partition coefficient (Wildman–Crippen LogP) is 0.372. The van der Waals surface area contributed by atoms with Crippen LogP contribution in [0.25, 0.3) is 0 Å². The third-order valence-corrected chi connectivity index (χ3v) is 5.55. The topological polar surface area (TPSA) is 151 Å². The quantitative estimate of drug-likeness (QED) is 0.322. The molecule has 166 valence electrons. The van der Waals surface area contributed by atoms with Crippen molar-refractivity contribution >= 4 is 39.4 Å². The van der Waals surface area contributed by atoms with E-state index < -0.39 is 46.6 Å². The highest BCUT2D eigenvalue weighted by Crippen LogP contribution is 2.15. The van der Waals surface area contributed by atoms with Crippen LogP contribution in [0, 0.1) is 0 Å². The lowest BCUT2D eigenvalue weighted by Gasteiger charge is -2.20. The lowest BCUT2D eigenvalue weighted by Crippen LogP contribution is -2.49. The van der Waals surface area contributed by atoms with E-state index in [1.807, 2.05) is 4.72 Å². The number of ether oxygens (including phenoxy) is 1. The van der Waals surface area contributed by atoms with Gasteiger partial charge in [-0.15, -0.1) is 0 Å². The molecule has 0 bridgehead atoms. The number of carbonyl (C=O) groups is 3. The molecule has 0 aromatic heterocycles. The van der Waals surface area contributed by atoms with Gasteiger partial charge in [0.1, 0.15) is 6.04 Å². The van der Waals surface area contributed by atoms with E-state index in [0.717, 1.165) is 0 Å². The fourth-order valence-electron chi connectivity index (χ4n) is 2.24. The molecule has 2 aromatic rings. The van der Waals surface area contributed by atoms with Gasteiger partial charge in [0.25, 0.3) is 11.8 Å². The first-order valence-corrected chi connectivity index (χ1v) is 10.7. The van der Waals surface area contributed by atoms with Crippen LogP contribution in [-0.2, 0) is 24.3 Å². The third-order valence-electron chi connectivity index (χ3n) is 3.84. The zero-order valence-corrected chi connectivity index (χ0v) is 17.8. The highest BCUT2D eigenvalue weighted by atomic mass is 35.5. The van der Waals surface area contributed by atoms with Gasteiger partial charge in [0.2, 0.25) is 10.0 Å². The fourth-order valence-corrected chi connectivity index (χ4v) is 3.63. The van der Waals surface area contributed by atoms with Crippen molar-refractivity contribution in [1.29, 1.82) is 0 Å². The van der Waals surface area contributed by atoms with Crippen LogP contribution in [0.5, 0.6) is 0 Å². The molecular weight excluding hydrogens is 450 g/mol. The van der Waals surface area contributed by atoms with Crippen molar-refractivity contribution in [2.75, 3.05) is 6.61 Å². The number of aliphatic hydroxyl groups excluding tert-OH is 1. The number of sulfonamides is 1. The van der Waals surface area contributed by atoms with Crippen molar-refractivity contribution in [3.8, 4) is 0 Å². The summed E-state index contributed by atoms with van der Waals surface area (Å²) < 4.78 is 31.6. The van der Waals surface area contributed by atoms with Crippen molar-refractivity contribution in [1.82, 2.24) is 15.6 Å². The number of rotatable bonds is 8. The summed E-state index contributed by atoms with van der Waals surface area (Å²) in [5.41, 5.74) is 4.49. The maximum Gasteiger partial charge on any atom is 0.327 e. The summed E-state index contributed by atoms with van der Waals surface area (Å²) in [6.45, 7) is 0.357. The number of hydrogen-bond donors (Lipinski definition) is 4. The van der Waals surface area contributed by atoms with Crippen molar-refractivity contribution in [3.63, 3.8) is 0 Å². The molecule has 0 radical (unpaired) electrons. The summed E-state index contributed by atoms with van der Waals surface area (Å²) in [5, 5.41) is 10.1. The summed E-state index contributed by atoms with van der Waals surface area (Å²) in [6, 6.07) is 11.5. The maximum atomic E-state index is 12.4. The van der Waals surface area contributed by atoms with Gasteiger partial charge in [-0.05, 0) is 43.3 Å². The van der Waals surface area contributed by atoms with E-state index in [1.54, 1.807) is 18.2 Å². The highest BCUT2D eigenvalue weighted by molar-refractivity contribution is 7.89.